The van der Waals surface area contributed by atoms with Crippen LogP contribution in [0, 0.1) is 0 Å². The number of rotatable bonds is 5. The smallest absolute Gasteiger partial charge is 0.255 e. The highest BCUT2D eigenvalue weighted by atomic mass is 16.5. The number of anilines is 1. The Morgan fingerprint density at radius 2 is 1.65 bits per heavy atom. The van der Waals surface area contributed by atoms with E-state index < -0.39 is 6.10 Å². The van der Waals surface area contributed by atoms with E-state index in [2.05, 4.69) is 4.98 Å². The summed E-state index contributed by atoms with van der Waals surface area (Å²) in [7, 11) is 1.69. The van der Waals surface area contributed by atoms with Crippen LogP contribution < -0.4 is 10.5 Å². The molecule has 1 saturated heterocycles. The second-order valence-corrected chi connectivity index (χ2v) is 8.19. The number of hydrogen-bond acceptors (Lipinski definition) is 6. The summed E-state index contributed by atoms with van der Waals surface area (Å²) in [5, 5.41) is 0. The number of benzene rings is 2. The van der Waals surface area contributed by atoms with Gasteiger partial charge in [-0.25, -0.2) is 4.98 Å². The maximum atomic E-state index is 13.2. The molecule has 3 heterocycles. The number of pyridine rings is 1. The van der Waals surface area contributed by atoms with Crippen LogP contribution in [0.5, 0.6) is 0 Å². The molecular formula is C27H24N4O3. The van der Waals surface area contributed by atoms with E-state index in [4.69, 9.17) is 9.72 Å². The third-order valence-corrected chi connectivity index (χ3v) is 6.01. The quantitative estimate of drug-likeness (QED) is 0.431. The lowest BCUT2D eigenvalue weighted by Gasteiger charge is -2.33. The molecule has 4 aromatic rings. The van der Waals surface area contributed by atoms with E-state index >= 15 is 0 Å². The average molecular weight is 453 g/mol. The highest BCUT2D eigenvalue weighted by molar-refractivity contribution is 6.00. The van der Waals surface area contributed by atoms with Crippen molar-refractivity contribution in [1.82, 2.24) is 14.5 Å². The van der Waals surface area contributed by atoms with Crippen molar-refractivity contribution in [2.45, 2.75) is 6.10 Å². The van der Waals surface area contributed by atoms with E-state index in [1.54, 1.807) is 19.4 Å². The van der Waals surface area contributed by atoms with Crippen molar-refractivity contribution in [3.8, 4) is 22.4 Å². The second-order valence-electron chi connectivity index (χ2n) is 8.19. The van der Waals surface area contributed by atoms with Gasteiger partial charge in [0.1, 0.15) is 6.10 Å². The van der Waals surface area contributed by atoms with Gasteiger partial charge in [0.05, 0.1) is 18.8 Å². The monoisotopic (exact) mass is 452 g/mol. The molecule has 0 bridgehead atoms. The van der Waals surface area contributed by atoms with Crippen molar-refractivity contribution < 1.29 is 9.53 Å². The molecule has 0 aliphatic carbocycles. The average Bonchev–Trinajstić information content (AvgIpc) is 2.91. The molecule has 2 aromatic carbocycles. The number of morpholine rings is 1. The normalized spacial score (nSPS) is 15.8. The van der Waals surface area contributed by atoms with Crippen molar-refractivity contribution in [2.24, 2.45) is 7.05 Å². The molecule has 0 radical (unpaired) electrons. The van der Waals surface area contributed by atoms with Gasteiger partial charge in [0.15, 0.2) is 5.78 Å². The number of Topliss-reactive ketones (excluding diaryl/α,β-unsaturated/α-hetero) is 1. The molecule has 7 heteroatoms. The number of ether oxygens (including phenoxy) is 1. The van der Waals surface area contributed by atoms with Crippen molar-refractivity contribution >= 4 is 11.7 Å². The molecule has 2 aromatic heterocycles. The molecule has 5 rings (SSSR count). The first-order chi connectivity index (χ1) is 16.6. The van der Waals surface area contributed by atoms with E-state index in [1.807, 2.05) is 71.6 Å². The molecule has 0 amide bonds. The van der Waals surface area contributed by atoms with Gasteiger partial charge < -0.3 is 9.64 Å². The zero-order valence-electron chi connectivity index (χ0n) is 18.8. The van der Waals surface area contributed by atoms with Crippen molar-refractivity contribution in [3.63, 3.8) is 0 Å². The lowest BCUT2D eigenvalue weighted by atomic mass is 10.00. The summed E-state index contributed by atoms with van der Waals surface area (Å²) in [5.74, 6) is 0.430. The van der Waals surface area contributed by atoms with Crippen LogP contribution in [0.2, 0.25) is 0 Å². The molecule has 1 atom stereocenters. The standard InChI is InChI=1S/C27H24N4O3/c1-30-25(32)17-23(21-11-13-28-14-12-21)29-27(30)31-15-16-34-24(18-31)26(33)22-9-7-20(8-10-22)19-5-3-2-4-6-19/h2-14,17,24H,15-16,18H2,1H3. The van der Waals surface area contributed by atoms with Gasteiger partial charge >= 0.3 is 0 Å². The molecule has 0 N–H and O–H groups in total. The summed E-state index contributed by atoms with van der Waals surface area (Å²) >= 11 is 0. The highest BCUT2D eigenvalue weighted by Crippen LogP contribution is 2.23. The van der Waals surface area contributed by atoms with Crippen LogP contribution in [0.15, 0.2) is 90.0 Å². The molecule has 34 heavy (non-hydrogen) atoms. The van der Waals surface area contributed by atoms with E-state index in [0.29, 0.717) is 36.9 Å². The molecule has 0 saturated carbocycles. The highest BCUT2D eigenvalue weighted by Gasteiger charge is 2.29. The first kappa shape index (κ1) is 21.7. The van der Waals surface area contributed by atoms with E-state index in [1.165, 1.54) is 10.6 Å². The number of aromatic nitrogens is 3. The van der Waals surface area contributed by atoms with Crippen molar-refractivity contribution in [3.05, 3.63) is 101 Å². The van der Waals surface area contributed by atoms with Gasteiger partial charge in [0.25, 0.3) is 5.56 Å². The maximum Gasteiger partial charge on any atom is 0.255 e. The first-order valence-electron chi connectivity index (χ1n) is 11.1. The van der Waals surface area contributed by atoms with Crippen LogP contribution in [0.4, 0.5) is 5.95 Å². The number of hydrogen-bond donors (Lipinski definition) is 0. The second kappa shape index (κ2) is 9.41. The zero-order valence-corrected chi connectivity index (χ0v) is 18.8. The number of carbonyl (C=O) groups is 1. The Morgan fingerprint density at radius 3 is 2.38 bits per heavy atom. The third kappa shape index (κ3) is 4.38. The lowest BCUT2D eigenvalue weighted by Crippen LogP contribution is -2.48. The fourth-order valence-electron chi connectivity index (χ4n) is 4.11. The minimum atomic E-state index is -0.641. The van der Waals surface area contributed by atoms with Gasteiger partial charge in [-0.15, -0.1) is 0 Å². The largest absolute Gasteiger partial charge is 0.366 e. The Labute approximate surface area is 197 Å². The molecule has 1 aliphatic heterocycles. The Morgan fingerprint density at radius 1 is 0.941 bits per heavy atom. The number of nitrogens with zero attached hydrogens (tertiary/aromatic N) is 4. The molecule has 1 aliphatic rings. The van der Waals surface area contributed by atoms with E-state index in [9.17, 15) is 9.59 Å². The van der Waals surface area contributed by atoms with Gasteiger partial charge in [-0.1, -0.05) is 54.6 Å². The minimum Gasteiger partial charge on any atom is -0.366 e. The molecule has 7 nitrogen and oxygen atoms in total. The number of ketones is 1. The van der Waals surface area contributed by atoms with E-state index in [0.717, 1.165) is 16.7 Å². The summed E-state index contributed by atoms with van der Waals surface area (Å²) in [6.45, 7) is 1.23. The maximum absolute atomic E-state index is 13.2. The zero-order chi connectivity index (χ0) is 23.5. The Hall–Kier alpha value is -4.10. The fraction of sp³-hybridized carbons (Fsp3) is 0.185. The molecule has 1 unspecified atom stereocenters. The van der Waals surface area contributed by atoms with Gasteiger partial charge in [-0.05, 0) is 23.3 Å². The summed E-state index contributed by atoms with van der Waals surface area (Å²) in [5.41, 5.74) is 3.97. The fourth-order valence-corrected chi connectivity index (χ4v) is 4.11. The lowest BCUT2D eigenvalue weighted by molar-refractivity contribution is 0.0337. The summed E-state index contributed by atoms with van der Waals surface area (Å²) < 4.78 is 7.34. The Kier molecular flexibility index (Phi) is 6.01. The van der Waals surface area contributed by atoms with Crippen molar-refractivity contribution in [1.29, 1.82) is 0 Å². The Bertz CT molecular complexity index is 1350. The molecule has 0 spiro atoms. The molecule has 1 fully saturated rings. The summed E-state index contributed by atoms with van der Waals surface area (Å²) in [4.78, 5) is 36.6. The van der Waals surface area contributed by atoms with Crippen LogP contribution in [0.3, 0.4) is 0 Å². The van der Waals surface area contributed by atoms with E-state index in [-0.39, 0.29) is 11.3 Å². The number of carbonyl (C=O) groups excluding carboxylic acids is 1. The van der Waals surface area contributed by atoms with Crippen LogP contribution >= 0.6 is 0 Å². The van der Waals surface area contributed by atoms with Crippen molar-refractivity contribution in [2.75, 3.05) is 24.6 Å². The first-order valence-corrected chi connectivity index (χ1v) is 11.1. The van der Waals surface area contributed by atoms with Crippen LogP contribution in [0.1, 0.15) is 10.4 Å². The van der Waals surface area contributed by atoms with Gasteiger partial charge in [0.2, 0.25) is 5.95 Å². The summed E-state index contributed by atoms with van der Waals surface area (Å²) in [6.07, 6.45) is 2.69. The van der Waals surface area contributed by atoms with Crippen LogP contribution in [-0.4, -0.2) is 46.1 Å². The van der Waals surface area contributed by atoms with Crippen LogP contribution in [0.25, 0.3) is 22.4 Å². The summed E-state index contributed by atoms with van der Waals surface area (Å²) in [6, 6.07) is 22.8. The molecule has 170 valence electrons. The minimum absolute atomic E-state index is 0.0837. The third-order valence-electron chi connectivity index (χ3n) is 6.01. The topological polar surface area (TPSA) is 77.3 Å². The Balaban J connectivity index is 1.37. The van der Waals surface area contributed by atoms with Crippen LogP contribution in [-0.2, 0) is 11.8 Å². The van der Waals surface area contributed by atoms with Gasteiger partial charge in [-0.3, -0.25) is 19.1 Å². The predicted molar refractivity (Wildman–Crippen MR) is 131 cm³/mol. The van der Waals surface area contributed by atoms with Gasteiger partial charge in [0, 0.05) is 43.2 Å². The SMILES string of the molecule is Cn1c(N2CCOC(C(=O)c3ccc(-c4ccccc4)cc3)C2)nc(-c2ccncc2)cc1=O. The molecular weight excluding hydrogens is 428 g/mol. The predicted octanol–water partition coefficient (Wildman–Crippen LogP) is 3.60. The van der Waals surface area contributed by atoms with Gasteiger partial charge in [-0.2, -0.15) is 0 Å².